The molecule has 0 aliphatic heterocycles. The Morgan fingerprint density at radius 2 is 2.00 bits per heavy atom. The summed E-state index contributed by atoms with van der Waals surface area (Å²) in [5.41, 5.74) is 1.01. The van der Waals surface area contributed by atoms with E-state index in [9.17, 15) is 9.18 Å². The van der Waals surface area contributed by atoms with Crippen LogP contribution in [0.2, 0.25) is 5.02 Å². The Bertz CT molecular complexity index is 613. The third-order valence-corrected chi connectivity index (χ3v) is 4.19. The summed E-state index contributed by atoms with van der Waals surface area (Å²) in [5.74, 6) is -0.0437. The van der Waals surface area contributed by atoms with Crippen LogP contribution in [0.4, 0.5) is 4.39 Å². The second-order valence-corrected chi connectivity index (χ2v) is 5.53. The van der Waals surface area contributed by atoms with Crippen molar-refractivity contribution in [3.8, 4) is 0 Å². The summed E-state index contributed by atoms with van der Waals surface area (Å²) >= 11 is 7.40. The molecule has 0 aliphatic carbocycles. The van der Waals surface area contributed by atoms with E-state index >= 15 is 0 Å². The average Bonchev–Trinajstić information content (AvgIpc) is 2.40. The molecule has 0 heterocycles. The van der Waals surface area contributed by atoms with Gasteiger partial charge in [-0.25, -0.2) is 4.39 Å². The van der Waals surface area contributed by atoms with Crippen LogP contribution in [0.25, 0.3) is 0 Å². The predicted molar refractivity (Wildman–Crippen MR) is 77.6 cm³/mol. The summed E-state index contributed by atoms with van der Waals surface area (Å²) < 4.78 is 13.1. The molecule has 0 radical (unpaired) electrons. The second-order valence-electron chi connectivity index (χ2n) is 4.11. The Labute approximate surface area is 120 Å². The van der Waals surface area contributed by atoms with Crippen molar-refractivity contribution in [2.45, 2.75) is 11.8 Å². The quantitative estimate of drug-likeness (QED) is 0.597. The van der Waals surface area contributed by atoms with Crippen LogP contribution in [0, 0.1) is 12.7 Å². The molecule has 0 spiro atoms. The van der Waals surface area contributed by atoms with Crippen LogP contribution >= 0.6 is 23.4 Å². The maximum atomic E-state index is 13.1. The zero-order chi connectivity index (χ0) is 13.8. The highest BCUT2D eigenvalue weighted by Gasteiger charge is 2.09. The van der Waals surface area contributed by atoms with Crippen molar-refractivity contribution in [1.29, 1.82) is 0 Å². The summed E-state index contributed by atoms with van der Waals surface area (Å²) in [6, 6.07) is 11.8. The number of ketones is 1. The van der Waals surface area contributed by atoms with Gasteiger partial charge >= 0.3 is 0 Å². The molecule has 0 saturated heterocycles. The Kier molecular flexibility index (Phi) is 4.61. The SMILES string of the molecule is Cc1cc(C(=O)CSc2ccccc2Cl)ccc1F. The molecule has 0 aliphatic rings. The molecule has 98 valence electrons. The van der Waals surface area contributed by atoms with Crippen LogP contribution in [-0.4, -0.2) is 11.5 Å². The van der Waals surface area contributed by atoms with E-state index in [1.807, 2.05) is 18.2 Å². The molecule has 0 bridgehead atoms. The van der Waals surface area contributed by atoms with Crippen molar-refractivity contribution in [3.63, 3.8) is 0 Å². The predicted octanol–water partition coefficient (Wildman–Crippen LogP) is 4.76. The summed E-state index contributed by atoms with van der Waals surface area (Å²) in [6.07, 6.45) is 0. The maximum Gasteiger partial charge on any atom is 0.173 e. The fourth-order valence-electron chi connectivity index (χ4n) is 1.61. The molecule has 0 amide bonds. The molecule has 19 heavy (non-hydrogen) atoms. The highest BCUT2D eigenvalue weighted by molar-refractivity contribution is 8.00. The number of rotatable bonds is 4. The van der Waals surface area contributed by atoms with Crippen LogP contribution in [0.5, 0.6) is 0 Å². The summed E-state index contributed by atoms with van der Waals surface area (Å²) in [6.45, 7) is 1.65. The molecule has 2 aromatic rings. The molecule has 0 fully saturated rings. The first kappa shape index (κ1) is 14.1. The van der Waals surface area contributed by atoms with Crippen molar-refractivity contribution in [2.24, 2.45) is 0 Å². The smallest absolute Gasteiger partial charge is 0.173 e. The lowest BCUT2D eigenvalue weighted by atomic mass is 10.1. The molecule has 0 aromatic heterocycles. The summed E-state index contributed by atoms with van der Waals surface area (Å²) in [4.78, 5) is 12.9. The molecule has 0 unspecified atom stereocenters. The van der Waals surface area contributed by atoms with E-state index in [0.29, 0.717) is 16.1 Å². The lowest BCUT2D eigenvalue weighted by molar-refractivity contribution is 0.102. The van der Waals surface area contributed by atoms with Crippen LogP contribution in [0.3, 0.4) is 0 Å². The van der Waals surface area contributed by atoms with Crippen molar-refractivity contribution < 1.29 is 9.18 Å². The largest absolute Gasteiger partial charge is 0.293 e. The minimum Gasteiger partial charge on any atom is -0.293 e. The normalized spacial score (nSPS) is 10.5. The first-order chi connectivity index (χ1) is 9.08. The van der Waals surface area contributed by atoms with E-state index in [2.05, 4.69) is 0 Å². The zero-order valence-electron chi connectivity index (χ0n) is 10.3. The van der Waals surface area contributed by atoms with Gasteiger partial charge in [-0.3, -0.25) is 4.79 Å². The minimum atomic E-state index is -0.296. The van der Waals surface area contributed by atoms with Gasteiger partial charge in [0.1, 0.15) is 5.82 Å². The average molecular weight is 295 g/mol. The van der Waals surface area contributed by atoms with E-state index < -0.39 is 0 Å². The Morgan fingerprint density at radius 3 is 2.68 bits per heavy atom. The molecule has 0 saturated carbocycles. The molecule has 0 atom stereocenters. The van der Waals surface area contributed by atoms with Gasteiger partial charge in [-0.05, 0) is 42.8 Å². The number of thioether (sulfide) groups is 1. The fourth-order valence-corrected chi connectivity index (χ4v) is 2.74. The second kappa shape index (κ2) is 6.22. The van der Waals surface area contributed by atoms with Crippen LogP contribution in [-0.2, 0) is 0 Å². The third-order valence-electron chi connectivity index (χ3n) is 2.68. The number of Topliss-reactive ketones (excluding diaryl/α,β-unsaturated/α-hetero) is 1. The number of benzene rings is 2. The van der Waals surface area contributed by atoms with Gasteiger partial charge in [-0.1, -0.05) is 23.7 Å². The number of carbonyl (C=O) groups excluding carboxylic acids is 1. The van der Waals surface area contributed by atoms with Gasteiger partial charge < -0.3 is 0 Å². The molecule has 1 nitrogen and oxygen atoms in total. The van der Waals surface area contributed by atoms with E-state index in [4.69, 9.17) is 11.6 Å². The Balaban J connectivity index is 2.05. The Morgan fingerprint density at radius 1 is 1.26 bits per heavy atom. The van der Waals surface area contributed by atoms with Crippen molar-refractivity contribution in [3.05, 3.63) is 64.4 Å². The third kappa shape index (κ3) is 3.58. The van der Waals surface area contributed by atoms with Crippen molar-refractivity contribution in [1.82, 2.24) is 0 Å². The first-order valence-electron chi connectivity index (χ1n) is 5.74. The van der Waals surface area contributed by atoms with Crippen molar-refractivity contribution in [2.75, 3.05) is 5.75 Å². The zero-order valence-corrected chi connectivity index (χ0v) is 11.9. The first-order valence-corrected chi connectivity index (χ1v) is 7.11. The van der Waals surface area contributed by atoms with E-state index in [1.165, 1.54) is 23.9 Å². The van der Waals surface area contributed by atoms with Crippen molar-refractivity contribution >= 4 is 29.1 Å². The number of hydrogen-bond donors (Lipinski definition) is 0. The highest BCUT2D eigenvalue weighted by atomic mass is 35.5. The fraction of sp³-hybridized carbons (Fsp3) is 0.133. The number of halogens is 2. The standard InChI is InChI=1S/C15H12ClFOS/c1-10-8-11(6-7-13(10)17)14(18)9-19-15-5-3-2-4-12(15)16/h2-8H,9H2,1H3. The molecule has 4 heteroatoms. The van der Waals surface area contributed by atoms with Gasteiger partial charge in [0.05, 0.1) is 10.8 Å². The summed E-state index contributed by atoms with van der Waals surface area (Å²) in [5, 5.41) is 0.635. The lowest BCUT2D eigenvalue weighted by Crippen LogP contribution is -2.03. The van der Waals surface area contributed by atoms with Gasteiger partial charge in [0.2, 0.25) is 0 Å². The van der Waals surface area contributed by atoms with Crippen LogP contribution < -0.4 is 0 Å². The molecule has 2 rings (SSSR count). The number of hydrogen-bond acceptors (Lipinski definition) is 2. The van der Waals surface area contributed by atoms with E-state index in [0.717, 1.165) is 4.90 Å². The molecular weight excluding hydrogens is 283 g/mol. The lowest BCUT2D eigenvalue weighted by Gasteiger charge is -2.04. The molecule has 0 N–H and O–H groups in total. The van der Waals surface area contributed by atoms with E-state index in [-0.39, 0.29) is 17.4 Å². The minimum absolute atomic E-state index is 0.0342. The van der Waals surface area contributed by atoms with Gasteiger partial charge in [-0.15, -0.1) is 11.8 Å². The van der Waals surface area contributed by atoms with Gasteiger partial charge in [0, 0.05) is 10.5 Å². The molecular formula is C15H12ClFOS. The number of carbonyl (C=O) groups is 1. The monoisotopic (exact) mass is 294 g/mol. The van der Waals surface area contributed by atoms with Crippen LogP contribution in [0.15, 0.2) is 47.4 Å². The number of aryl methyl sites for hydroxylation is 1. The highest BCUT2D eigenvalue weighted by Crippen LogP contribution is 2.27. The Hall–Kier alpha value is -1.32. The van der Waals surface area contributed by atoms with Gasteiger partial charge in [0.25, 0.3) is 0 Å². The van der Waals surface area contributed by atoms with Gasteiger partial charge in [-0.2, -0.15) is 0 Å². The van der Waals surface area contributed by atoms with Crippen LogP contribution in [0.1, 0.15) is 15.9 Å². The molecule has 2 aromatic carbocycles. The summed E-state index contributed by atoms with van der Waals surface area (Å²) in [7, 11) is 0. The van der Waals surface area contributed by atoms with E-state index in [1.54, 1.807) is 19.1 Å². The maximum absolute atomic E-state index is 13.1. The van der Waals surface area contributed by atoms with Gasteiger partial charge in [0.15, 0.2) is 5.78 Å². The topological polar surface area (TPSA) is 17.1 Å².